The number of hydrogen-bond acceptors (Lipinski definition) is 4. The van der Waals surface area contributed by atoms with Crippen LogP contribution >= 0.6 is 0 Å². The number of carbonyl (C=O) groups is 3. The third-order valence-corrected chi connectivity index (χ3v) is 1.88. The summed E-state index contributed by atoms with van der Waals surface area (Å²) in [5.74, 6) is -0.960. The zero-order valence-corrected chi connectivity index (χ0v) is 7.69. The molecule has 5 nitrogen and oxygen atoms in total. The zero-order chi connectivity index (χ0) is 10.6. The first-order valence-corrected chi connectivity index (χ1v) is 4.27. The van der Waals surface area contributed by atoms with Gasteiger partial charge in [-0.05, 0) is 0 Å². The molecule has 5 heteroatoms. The molecule has 0 saturated carbocycles. The summed E-state index contributed by atoms with van der Waals surface area (Å²) in [7, 11) is 0. The number of rotatable bonds is 4. The van der Waals surface area contributed by atoms with Crippen molar-refractivity contribution in [2.45, 2.75) is 12.8 Å². The molecule has 1 aliphatic heterocycles. The van der Waals surface area contributed by atoms with Crippen molar-refractivity contribution >= 4 is 17.8 Å². The van der Waals surface area contributed by atoms with E-state index >= 15 is 0 Å². The Labute approximate surface area is 81.3 Å². The van der Waals surface area contributed by atoms with Crippen LogP contribution in [0, 0.1) is 0 Å². The second kappa shape index (κ2) is 4.55. The van der Waals surface area contributed by atoms with E-state index in [1.165, 1.54) is 0 Å². The molecule has 0 spiro atoms. The average molecular weight is 197 g/mol. The monoisotopic (exact) mass is 197 g/mol. The molecular weight excluding hydrogens is 186 g/mol. The summed E-state index contributed by atoms with van der Waals surface area (Å²) < 4.78 is 4.65. The molecular formula is C9H11NO4. The van der Waals surface area contributed by atoms with Gasteiger partial charge in [0, 0.05) is 18.9 Å². The summed E-state index contributed by atoms with van der Waals surface area (Å²) in [6.07, 6.45) is 1.55. The number of imide groups is 1. The fourth-order valence-corrected chi connectivity index (χ4v) is 1.17. The van der Waals surface area contributed by atoms with Crippen LogP contribution in [0.15, 0.2) is 12.7 Å². The lowest BCUT2D eigenvalue weighted by Crippen LogP contribution is -2.32. The Kier molecular flexibility index (Phi) is 3.39. The van der Waals surface area contributed by atoms with Gasteiger partial charge in [-0.25, -0.2) is 4.79 Å². The number of likely N-dealkylation sites (tertiary alicyclic amines) is 1. The van der Waals surface area contributed by atoms with Crippen molar-refractivity contribution in [3.63, 3.8) is 0 Å². The maximum atomic E-state index is 11.1. The van der Waals surface area contributed by atoms with Gasteiger partial charge in [0.1, 0.15) is 6.61 Å². The van der Waals surface area contributed by atoms with E-state index in [1.807, 2.05) is 0 Å². The molecule has 1 saturated heterocycles. The summed E-state index contributed by atoms with van der Waals surface area (Å²) >= 11 is 0. The maximum absolute atomic E-state index is 11.1. The molecule has 0 radical (unpaired) electrons. The van der Waals surface area contributed by atoms with E-state index in [9.17, 15) is 14.4 Å². The van der Waals surface area contributed by atoms with Crippen molar-refractivity contribution < 1.29 is 19.1 Å². The normalized spacial score (nSPS) is 15.9. The van der Waals surface area contributed by atoms with E-state index in [2.05, 4.69) is 11.3 Å². The molecule has 0 bridgehead atoms. The Bertz CT molecular complexity index is 269. The molecule has 1 aliphatic rings. The molecule has 0 atom stereocenters. The third kappa shape index (κ3) is 2.42. The van der Waals surface area contributed by atoms with E-state index in [0.717, 1.165) is 11.0 Å². The maximum Gasteiger partial charge on any atom is 0.330 e. The number of amides is 2. The lowest BCUT2D eigenvalue weighted by atomic mass is 10.4. The fraction of sp³-hybridized carbons (Fsp3) is 0.444. The highest BCUT2D eigenvalue weighted by Gasteiger charge is 2.28. The molecule has 0 aromatic rings. The first-order valence-electron chi connectivity index (χ1n) is 4.27. The number of carbonyl (C=O) groups excluding carboxylic acids is 3. The molecule has 1 heterocycles. The van der Waals surface area contributed by atoms with Crippen LogP contribution < -0.4 is 0 Å². The van der Waals surface area contributed by atoms with Crippen LogP contribution in [-0.4, -0.2) is 35.8 Å². The Hall–Kier alpha value is -1.65. The van der Waals surface area contributed by atoms with E-state index < -0.39 is 5.97 Å². The molecule has 1 fully saturated rings. The van der Waals surface area contributed by atoms with Gasteiger partial charge in [-0.1, -0.05) is 6.58 Å². The van der Waals surface area contributed by atoms with Crippen molar-refractivity contribution in [3.05, 3.63) is 12.7 Å². The molecule has 0 aromatic carbocycles. The van der Waals surface area contributed by atoms with Crippen molar-refractivity contribution in [2.24, 2.45) is 0 Å². The van der Waals surface area contributed by atoms with Crippen LogP contribution in [0.25, 0.3) is 0 Å². The number of ether oxygens (including phenoxy) is 1. The second-order valence-electron chi connectivity index (χ2n) is 2.81. The van der Waals surface area contributed by atoms with E-state index in [0.29, 0.717) is 0 Å². The van der Waals surface area contributed by atoms with Crippen LogP contribution in [0.3, 0.4) is 0 Å². The van der Waals surface area contributed by atoms with Gasteiger partial charge in [-0.3, -0.25) is 14.5 Å². The Morgan fingerprint density at radius 1 is 1.43 bits per heavy atom. The highest BCUT2D eigenvalue weighted by atomic mass is 16.5. The first-order chi connectivity index (χ1) is 6.65. The molecule has 0 N–H and O–H groups in total. The summed E-state index contributed by atoms with van der Waals surface area (Å²) in [6.45, 7) is 3.39. The Balaban J connectivity index is 2.30. The van der Waals surface area contributed by atoms with Gasteiger partial charge in [0.2, 0.25) is 11.8 Å². The largest absolute Gasteiger partial charge is 0.461 e. The number of hydrogen-bond donors (Lipinski definition) is 0. The van der Waals surface area contributed by atoms with Crippen LogP contribution in [0.4, 0.5) is 0 Å². The van der Waals surface area contributed by atoms with Crippen molar-refractivity contribution in [3.8, 4) is 0 Å². The molecule has 0 unspecified atom stereocenters. The van der Waals surface area contributed by atoms with E-state index in [1.54, 1.807) is 0 Å². The average Bonchev–Trinajstić information content (AvgIpc) is 2.48. The minimum Gasteiger partial charge on any atom is -0.461 e. The number of esters is 1. The van der Waals surface area contributed by atoms with Crippen molar-refractivity contribution in [1.82, 2.24) is 4.90 Å². The lowest BCUT2D eigenvalue weighted by molar-refractivity contribution is -0.144. The smallest absolute Gasteiger partial charge is 0.330 e. The minimum atomic E-state index is -0.552. The topological polar surface area (TPSA) is 63.7 Å². The molecule has 0 aromatic heterocycles. The van der Waals surface area contributed by atoms with Gasteiger partial charge < -0.3 is 4.74 Å². The SMILES string of the molecule is C=CC(=O)OCCN1C(=O)CCC1=O. The minimum absolute atomic E-state index is 0.0301. The summed E-state index contributed by atoms with van der Waals surface area (Å²) in [5.41, 5.74) is 0. The molecule has 2 amide bonds. The molecule has 0 aliphatic carbocycles. The summed E-state index contributed by atoms with van der Waals surface area (Å²) in [6, 6.07) is 0. The summed E-state index contributed by atoms with van der Waals surface area (Å²) in [5, 5.41) is 0. The molecule has 14 heavy (non-hydrogen) atoms. The standard InChI is InChI=1S/C9H11NO4/c1-2-9(13)14-6-5-10-7(11)3-4-8(10)12/h2H,1,3-6H2. The van der Waals surface area contributed by atoms with E-state index in [-0.39, 0.29) is 37.8 Å². The number of nitrogens with zero attached hydrogens (tertiary/aromatic N) is 1. The van der Waals surface area contributed by atoms with Gasteiger partial charge >= 0.3 is 5.97 Å². The highest BCUT2D eigenvalue weighted by molar-refractivity contribution is 6.01. The molecule has 1 rings (SSSR count). The Morgan fingerprint density at radius 3 is 2.50 bits per heavy atom. The van der Waals surface area contributed by atoms with Crippen LogP contribution in [-0.2, 0) is 19.1 Å². The second-order valence-corrected chi connectivity index (χ2v) is 2.81. The van der Waals surface area contributed by atoms with Crippen LogP contribution in [0.5, 0.6) is 0 Å². The zero-order valence-electron chi connectivity index (χ0n) is 7.69. The Morgan fingerprint density at radius 2 is 2.00 bits per heavy atom. The van der Waals surface area contributed by atoms with Gasteiger partial charge in [0.25, 0.3) is 0 Å². The third-order valence-electron chi connectivity index (χ3n) is 1.88. The van der Waals surface area contributed by atoms with Crippen molar-refractivity contribution in [1.29, 1.82) is 0 Å². The lowest BCUT2D eigenvalue weighted by Gasteiger charge is -2.12. The molecule has 76 valence electrons. The van der Waals surface area contributed by atoms with Gasteiger partial charge in [0.05, 0.1) is 6.54 Å². The van der Waals surface area contributed by atoms with Crippen LogP contribution in [0.2, 0.25) is 0 Å². The highest BCUT2D eigenvalue weighted by Crippen LogP contribution is 2.10. The first kappa shape index (κ1) is 10.4. The fourth-order valence-electron chi connectivity index (χ4n) is 1.17. The predicted molar refractivity (Wildman–Crippen MR) is 47.1 cm³/mol. The van der Waals surface area contributed by atoms with Crippen LogP contribution in [0.1, 0.15) is 12.8 Å². The predicted octanol–water partition coefficient (Wildman–Crippen LogP) is -0.135. The van der Waals surface area contributed by atoms with Crippen molar-refractivity contribution in [2.75, 3.05) is 13.2 Å². The van der Waals surface area contributed by atoms with Gasteiger partial charge in [0.15, 0.2) is 0 Å². The van der Waals surface area contributed by atoms with Gasteiger partial charge in [-0.15, -0.1) is 0 Å². The quantitative estimate of drug-likeness (QED) is 0.357. The summed E-state index contributed by atoms with van der Waals surface area (Å²) in [4.78, 5) is 33.9. The van der Waals surface area contributed by atoms with Gasteiger partial charge in [-0.2, -0.15) is 0 Å². The van der Waals surface area contributed by atoms with E-state index in [4.69, 9.17) is 0 Å².